The molecule has 3 aromatic rings. The Labute approximate surface area is 121 Å². The Balaban J connectivity index is 1.81. The van der Waals surface area contributed by atoms with Crippen LogP contribution >= 0.6 is 11.6 Å². The second kappa shape index (κ2) is 5.75. The first-order valence-corrected chi connectivity index (χ1v) is 6.69. The zero-order valence-corrected chi connectivity index (χ0v) is 11.4. The number of halogens is 1. The SMILES string of the molecule is ClCc1cnnn1-c1ccc(Oc2ccccc2)cc1. The van der Waals surface area contributed by atoms with E-state index in [9.17, 15) is 0 Å². The first kappa shape index (κ1) is 12.7. The van der Waals surface area contributed by atoms with Crippen molar-refractivity contribution in [2.75, 3.05) is 0 Å². The van der Waals surface area contributed by atoms with Crippen molar-refractivity contribution in [1.82, 2.24) is 15.0 Å². The Kier molecular flexibility index (Phi) is 3.65. The average Bonchev–Trinajstić information content (AvgIpc) is 2.98. The number of ether oxygens (including phenoxy) is 1. The maximum atomic E-state index is 5.84. The van der Waals surface area contributed by atoms with Crippen molar-refractivity contribution in [3.05, 3.63) is 66.5 Å². The largest absolute Gasteiger partial charge is 0.457 e. The van der Waals surface area contributed by atoms with Gasteiger partial charge in [0, 0.05) is 0 Å². The van der Waals surface area contributed by atoms with Crippen molar-refractivity contribution in [2.45, 2.75) is 5.88 Å². The Bertz CT molecular complexity index is 680. The van der Waals surface area contributed by atoms with Crippen LogP contribution in [0.3, 0.4) is 0 Å². The summed E-state index contributed by atoms with van der Waals surface area (Å²) in [7, 11) is 0. The lowest BCUT2D eigenvalue weighted by molar-refractivity contribution is 0.482. The molecule has 0 aliphatic carbocycles. The summed E-state index contributed by atoms with van der Waals surface area (Å²) >= 11 is 5.84. The monoisotopic (exact) mass is 285 g/mol. The topological polar surface area (TPSA) is 39.9 Å². The Hall–Kier alpha value is -2.33. The van der Waals surface area contributed by atoms with E-state index in [1.165, 1.54) is 0 Å². The second-order valence-corrected chi connectivity index (χ2v) is 4.45. The highest BCUT2D eigenvalue weighted by atomic mass is 35.5. The Morgan fingerprint density at radius 1 is 0.950 bits per heavy atom. The molecule has 5 heteroatoms. The predicted molar refractivity (Wildman–Crippen MR) is 77.4 cm³/mol. The molecule has 1 aromatic heterocycles. The quantitative estimate of drug-likeness (QED) is 0.685. The molecule has 0 spiro atoms. The first-order valence-electron chi connectivity index (χ1n) is 6.16. The first-order chi connectivity index (χ1) is 9.86. The van der Waals surface area contributed by atoms with E-state index in [0.717, 1.165) is 22.9 Å². The number of rotatable bonds is 4. The van der Waals surface area contributed by atoms with E-state index < -0.39 is 0 Å². The Morgan fingerprint density at radius 3 is 2.35 bits per heavy atom. The number of alkyl halides is 1. The van der Waals surface area contributed by atoms with Gasteiger partial charge in [-0.3, -0.25) is 0 Å². The molecule has 0 amide bonds. The summed E-state index contributed by atoms with van der Waals surface area (Å²) in [6.07, 6.45) is 1.65. The molecule has 0 fully saturated rings. The van der Waals surface area contributed by atoms with Crippen LogP contribution in [0.4, 0.5) is 0 Å². The molecule has 0 atom stereocenters. The van der Waals surface area contributed by atoms with E-state index in [1.807, 2.05) is 54.6 Å². The maximum absolute atomic E-state index is 5.84. The molecule has 20 heavy (non-hydrogen) atoms. The highest BCUT2D eigenvalue weighted by Crippen LogP contribution is 2.22. The highest BCUT2D eigenvalue weighted by Gasteiger charge is 2.05. The molecular formula is C15H12ClN3O. The van der Waals surface area contributed by atoms with Crippen LogP contribution in [0.2, 0.25) is 0 Å². The third kappa shape index (κ3) is 2.65. The number of benzene rings is 2. The molecule has 0 bridgehead atoms. The molecule has 0 saturated carbocycles. The Morgan fingerprint density at radius 2 is 1.65 bits per heavy atom. The van der Waals surface area contributed by atoms with Crippen LogP contribution in [-0.4, -0.2) is 15.0 Å². The molecule has 0 aliphatic heterocycles. The highest BCUT2D eigenvalue weighted by molar-refractivity contribution is 6.16. The van der Waals surface area contributed by atoms with Gasteiger partial charge in [-0.15, -0.1) is 16.7 Å². The summed E-state index contributed by atoms with van der Waals surface area (Å²) in [6.45, 7) is 0. The number of nitrogens with zero attached hydrogens (tertiary/aromatic N) is 3. The van der Waals surface area contributed by atoms with E-state index in [4.69, 9.17) is 16.3 Å². The van der Waals surface area contributed by atoms with Crippen molar-refractivity contribution in [3.8, 4) is 17.2 Å². The maximum Gasteiger partial charge on any atom is 0.127 e. The fraction of sp³-hybridized carbons (Fsp3) is 0.0667. The van der Waals surface area contributed by atoms with Crippen LogP contribution in [0.25, 0.3) is 5.69 Å². The lowest BCUT2D eigenvalue weighted by Crippen LogP contribution is -2.00. The van der Waals surface area contributed by atoms with Gasteiger partial charge in [-0.2, -0.15) is 0 Å². The average molecular weight is 286 g/mol. The van der Waals surface area contributed by atoms with Gasteiger partial charge in [0.2, 0.25) is 0 Å². The smallest absolute Gasteiger partial charge is 0.127 e. The number of hydrogen-bond donors (Lipinski definition) is 0. The van der Waals surface area contributed by atoms with E-state index >= 15 is 0 Å². The minimum atomic E-state index is 0.370. The van der Waals surface area contributed by atoms with Gasteiger partial charge in [-0.05, 0) is 36.4 Å². The minimum Gasteiger partial charge on any atom is -0.457 e. The molecule has 3 rings (SSSR count). The summed E-state index contributed by atoms with van der Waals surface area (Å²) < 4.78 is 7.44. The molecule has 0 N–H and O–H groups in total. The summed E-state index contributed by atoms with van der Waals surface area (Å²) in [5.41, 5.74) is 1.75. The van der Waals surface area contributed by atoms with E-state index in [2.05, 4.69) is 10.3 Å². The molecule has 1 heterocycles. The normalized spacial score (nSPS) is 10.4. The summed E-state index contributed by atoms with van der Waals surface area (Å²) in [6, 6.07) is 17.3. The summed E-state index contributed by atoms with van der Waals surface area (Å²) in [5.74, 6) is 1.95. The number of hydrogen-bond acceptors (Lipinski definition) is 3. The number of para-hydroxylation sites is 1. The standard InChI is InChI=1S/C15H12ClN3O/c16-10-13-11-17-18-19(13)12-6-8-15(9-7-12)20-14-4-2-1-3-5-14/h1-9,11H,10H2. The molecule has 0 radical (unpaired) electrons. The van der Waals surface area contributed by atoms with E-state index in [1.54, 1.807) is 10.9 Å². The molecular weight excluding hydrogens is 274 g/mol. The lowest BCUT2D eigenvalue weighted by Gasteiger charge is -2.07. The molecule has 2 aromatic carbocycles. The van der Waals surface area contributed by atoms with Gasteiger partial charge in [0.25, 0.3) is 0 Å². The third-order valence-corrected chi connectivity index (χ3v) is 3.09. The second-order valence-electron chi connectivity index (χ2n) is 4.18. The van der Waals surface area contributed by atoms with Crippen LogP contribution in [0.15, 0.2) is 60.8 Å². The van der Waals surface area contributed by atoms with Gasteiger partial charge >= 0.3 is 0 Å². The molecule has 100 valence electrons. The van der Waals surface area contributed by atoms with Crippen molar-refractivity contribution >= 4 is 11.6 Å². The van der Waals surface area contributed by atoms with Crippen LogP contribution in [0.5, 0.6) is 11.5 Å². The zero-order valence-electron chi connectivity index (χ0n) is 10.6. The minimum absolute atomic E-state index is 0.370. The fourth-order valence-corrected chi connectivity index (χ4v) is 2.03. The van der Waals surface area contributed by atoms with Crippen molar-refractivity contribution in [2.24, 2.45) is 0 Å². The van der Waals surface area contributed by atoms with Crippen LogP contribution in [-0.2, 0) is 5.88 Å². The third-order valence-electron chi connectivity index (χ3n) is 2.82. The molecule has 0 saturated heterocycles. The van der Waals surface area contributed by atoms with Crippen LogP contribution in [0, 0.1) is 0 Å². The number of aromatic nitrogens is 3. The molecule has 0 unspecified atom stereocenters. The van der Waals surface area contributed by atoms with Crippen LogP contribution < -0.4 is 4.74 Å². The van der Waals surface area contributed by atoms with Crippen LogP contribution in [0.1, 0.15) is 5.69 Å². The van der Waals surface area contributed by atoms with Gasteiger partial charge in [-0.25, -0.2) is 4.68 Å². The summed E-state index contributed by atoms with van der Waals surface area (Å²) in [4.78, 5) is 0. The van der Waals surface area contributed by atoms with E-state index in [-0.39, 0.29) is 0 Å². The predicted octanol–water partition coefficient (Wildman–Crippen LogP) is 3.80. The van der Waals surface area contributed by atoms with Gasteiger partial charge < -0.3 is 4.74 Å². The van der Waals surface area contributed by atoms with E-state index in [0.29, 0.717) is 5.88 Å². The summed E-state index contributed by atoms with van der Waals surface area (Å²) in [5, 5.41) is 7.87. The molecule has 0 aliphatic rings. The van der Waals surface area contributed by atoms with Gasteiger partial charge in [0.1, 0.15) is 11.5 Å². The molecule has 4 nitrogen and oxygen atoms in total. The van der Waals surface area contributed by atoms with Gasteiger partial charge in [0.15, 0.2) is 0 Å². The lowest BCUT2D eigenvalue weighted by atomic mass is 10.3. The zero-order chi connectivity index (χ0) is 13.8. The van der Waals surface area contributed by atoms with Gasteiger partial charge in [0.05, 0.1) is 23.5 Å². The van der Waals surface area contributed by atoms with Crippen molar-refractivity contribution in [3.63, 3.8) is 0 Å². The van der Waals surface area contributed by atoms with Crippen molar-refractivity contribution in [1.29, 1.82) is 0 Å². The fourth-order valence-electron chi connectivity index (χ4n) is 1.84. The van der Waals surface area contributed by atoms with Gasteiger partial charge in [-0.1, -0.05) is 23.4 Å². The van der Waals surface area contributed by atoms with Crippen molar-refractivity contribution < 1.29 is 4.74 Å².